The Bertz CT molecular complexity index is 5310. The summed E-state index contributed by atoms with van der Waals surface area (Å²) < 4.78 is 88.9. The Balaban J connectivity index is 0.000000121. The van der Waals surface area contributed by atoms with Crippen molar-refractivity contribution < 1.29 is 49.9 Å². The van der Waals surface area contributed by atoms with Crippen LogP contribution in [0.5, 0.6) is 0 Å². The SMILES string of the molecule is O=C(Nc1cc(-c2ccccc2)nc2c(C3CCCC3)cnn12)c1cccnc1.O=C(Nc1cc(-c2ccco2)nc2c(C(F)(F)F)cnn12)c1cccnc1.O=C(Nc1cc(Cl)nc2c(C(F)(F)F)cnn12)c1cccnc1.O=C(Nc1cc(Cl)nc2c(C3CC3)cnn12)c1cccnc1. The van der Waals surface area contributed by atoms with Gasteiger partial charge >= 0.3 is 12.4 Å². The van der Waals surface area contributed by atoms with Gasteiger partial charge in [-0.25, -0.2) is 19.9 Å². The smallest absolute Gasteiger partial charge is 0.421 e. The Morgan fingerprint density at radius 1 is 0.416 bits per heavy atom. The van der Waals surface area contributed by atoms with Gasteiger partial charge in [-0.2, -0.15) is 64.8 Å². The zero-order valence-electron chi connectivity index (χ0n) is 52.1. The molecule has 33 heteroatoms. The number of alkyl halides is 6. The standard InChI is InChI=1S/C23H21N5O.C17H10F3N5O2.C15H12ClN5O.C13H7ClF3N5O/c29-23(18-11-6-12-24-14-18)27-21-13-20(17-9-2-1-3-10-17)26-22-19(15-25-28(21)22)16-7-4-5-8-16;18-17(19,20)11-9-22-25-14(24-16(26)10-3-1-5-21-8-10)7-12(23-15(11)25)13-4-2-6-27-13;16-12-6-13(20-15(22)10-2-1-5-17-7-10)21-14(19-12)11(8-18-21)9-3-4-9;14-9-4-10(21-12(23)7-2-1-3-18-5-7)22-11(20-9)8(6-19-22)13(15,16)17/h1-3,6,9-16H,4-5,7-8H2,(H,27,29);1-9H,(H,24,26);1-2,5-9H,3-4H2,(H,20,22);1-6H,(H,21,23). The number of pyridine rings is 4. The van der Waals surface area contributed by atoms with Crippen LogP contribution in [-0.2, 0) is 12.4 Å². The fourth-order valence-corrected chi connectivity index (χ4v) is 11.2. The number of rotatable bonds is 12. The van der Waals surface area contributed by atoms with Crippen molar-refractivity contribution in [3.63, 3.8) is 0 Å². The molecule has 0 saturated heterocycles. The molecule has 16 rings (SSSR count). The Morgan fingerprint density at radius 2 is 0.792 bits per heavy atom. The largest absolute Gasteiger partial charge is 0.463 e. The lowest BCUT2D eigenvalue weighted by Crippen LogP contribution is -2.16. The van der Waals surface area contributed by atoms with Crippen molar-refractivity contribution in [2.75, 3.05) is 21.3 Å². The number of fused-ring (bicyclic) bond motifs is 4. The molecule has 2 fully saturated rings. The van der Waals surface area contributed by atoms with Gasteiger partial charge in [-0.05, 0) is 98.2 Å². The minimum atomic E-state index is -4.65. The van der Waals surface area contributed by atoms with E-state index in [1.165, 1.54) is 74.4 Å². The number of carbonyl (C=O) groups excluding carboxylic acids is 4. The molecule has 13 heterocycles. The first-order valence-corrected chi connectivity index (χ1v) is 31.5. The third kappa shape index (κ3) is 15.3. The number of furan rings is 1. The minimum Gasteiger partial charge on any atom is -0.463 e. The summed E-state index contributed by atoms with van der Waals surface area (Å²) in [6, 6.07) is 32.3. The average molecular weight is 1410 g/mol. The van der Waals surface area contributed by atoms with Crippen LogP contribution in [0, 0.1) is 0 Å². The predicted molar refractivity (Wildman–Crippen MR) is 357 cm³/mol. The summed E-state index contributed by atoms with van der Waals surface area (Å²) in [6.07, 6.45) is 16.2. The zero-order chi connectivity index (χ0) is 70.4. The van der Waals surface area contributed by atoms with E-state index in [4.69, 9.17) is 32.6 Å². The molecule has 14 aromatic rings. The summed E-state index contributed by atoms with van der Waals surface area (Å²) in [4.78, 5) is 82.0. The Kier molecular flexibility index (Phi) is 19.3. The van der Waals surface area contributed by atoms with Gasteiger partial charge in [0.15, 0.2) is 28.3 Å². The van der Waals surface area contributed by atoms with Crippen LogP contribution in [0.3, 0.4) is 0 Å². The molecule has 4 N–H and O–H groups in total. The summed E-state index contributed by atoms with van der Waals surface area (Å²) in [6.45, 7) is 0. The molecule has 101 heavy (non-hydrogen) atoms. The Morgan fingerprint density at radius 3 is 1.20 bits per heavy atom. The fourth-order valence-electron chi connectivity index (χ4n) is 10.8. The van der Waals surface area contributed by atoms with Gasteiger partial charge in [0.05, 0.1) is 59.0 Å². The quantitative estimate of drug-likeness (QED) is 0.0652. The van der Waals surface area contributed by atoms with Crippen molar-refractivity contribution in [2.24, 2.45) is 0 Å². The molecule has 13 aromatic heterocycles. The minimum absolute atomic E-state index is 0.00996. The highest BCUT2D eigenvalue weighted by Gasteiger charge is 2.38. The van der Waals surface area contributed by atoms with Gasteiger partial charge in [0.25, 0.3) is 23.6 Å². The van der Waals surface area contributed by atoms with E-state index in [-0.39, 0.29) is 51.2 Å². The highest BCUT2D eigenvalue weighted by molar-refractivity contribution is 6.30. The molecule has 1 aromatic carbocycles. The highest BCUT2D eigenvalue weighted by atomic mass is 35.5. The fraction of sp³-hybridized carbons (Fsp3) is 0.147. The van der Waals surface area contributed by atoms with Crippen molar-refractivity contribution in [3.05, 3.63) is 251 Å². The summed E-state index contributed by atoms with van der Waals surface area (Å²) in [7, 11) is 0. The number of halogens is 8. The number of aromatic nitrogens is 16. The van der Waals surface area contributed by atoms with Crippen molar-refractivity contribution in [2.45, 2.75) is 62.7 Å². The molecule has 2 aliphatic carbocycles. The van der Waals surface area contributed by atoms with Crippen LogP contribution in [0.2, 0.25) is 10.3 Å². The maximum absolute atomic E-state index is 13.3. The molecule has 4 amide bonds. The Labute approximate surface area is 575 Å². The molecule has 508 valence electrons. The predicted octanol–water partition coefficient (Wildman–Crippen LogP) is 14.3. The third-order valence-electron chi connectivity index (χ3n) is 15.8. The molecule has 2 saturated carbocycles. The molecular weight excluding hydrogens is 1360 g/mol. The van der Waals surface area contributed by atoms with Crippen molar-refractivity contribution in [1.29, 1.82) is 0 Å². The molecule has 0 radical (unpaired) electrons. The van der Waals surface area contributed by atoms with Gasteiger partial charge in [-0.3, -0.25) is 39.1 Å². The van der Waals surface area contributed by atoms with E-state index in [0.717, 1.165) is 62.7 Å². The topological polar surface area (TPSA) is 302 Å². The highest BCUT2D eigenvalue weighted by Crippen LogP contribution is 2.43. The summed E-state index contributed by atoms with van der Waals surface area (Å²) in [5, 5.41) is 27.2. The van der Waals surface area contributed by atoms with Crippen LogP contribution < -0.4 is 21.3 Å². The monoisotopic (exact) mass is 1410 g/mol. The lowest BCUT2D eigenvalue weighted by molar-refractivity contribution is -0.137. The van der Waals surface area contributed by atoms with Gasteiger partial charge in [-0.15, -0.1) is 0 Å². The van der Waals surface area contributed by atoms with E-state index in [0.29, 0.717) is 57.8 Å². The second-order valence-electron chi connectivity index (χ2n) is 22.6. The van der Waals surface area contributed by atoms with E-state index in [1.807, 2.05) is 42.6 Å². The first-order valence-electron chi connectivity index (χ1n) is 30.8. The molecule has 0 spiro atoms. The first kappa shape index (κ1) is 67.2. The van der Waals surface area contributed by atoms with Gasteiger partial charge in [0, 0.05) is 90.5 Å². The Hall–Kier alpha value is -12.4. The van der Waals surface area contributed by atoms with Crippen LogP contribution in [0.4, 0.5) is 49.6 Å². The molecular formula is C68H50Cl2F6N20O5. The third-order valence-corrected chi connectivity index (χ3v) is 16.2. The number of anilines is 4. The maximum Gasteiger partial charge on any atom is 0.421 e. The van der Waals surface area contributed by atoms with E-state index in [1.54, 1.807) is 88.4 Å². The van der Waals surface area contributed by atoms with Crippen molar-refractivity contribution in [3.8, 4) is 22.7 Å². The van der Waals surface area contributed by atoms with Crippen molar-refractivity contribution >= 4 is 92.7 Å². The summed E-state index contributed by atoms with van der Waals surface area (Å²) in [5.74, 6) is 0.711. The number of nitrogens with zero attached hydrogens (tertiary/aromatic N) is 16. The second-order valence-corrected chi connectivity index (χ2v) is 23.4. The van der Waals surface area contributed by atoms with Crippen LogP contribution in [-0.4, -0.2) is 102 Å². The van der Waals surface area contributed by atoms with E-state index in [9.17, 15) is 45.5 Å². The maximum atomic E-state index is 13.3. The number of hydrogen-bond acceptors (Lipinski definition) is 17. The summed E-state index contributed by atoms with van der Waals surface area (Å²) >= 11 is 11.8. The van der Waals surface area contributed by atoms with Crippen LogP contribution in [0.15, 0.2) is 200 Å². The number of nitrogens with one attached hydrogen (secondary N) is 4. The average Bonchev–Trinajstić information content (AvgIpc) is 1.68. The molecule has 0 unspecified atom stereocenters. The molecule has 0 bridgehead atoms. The van der Waals surface area contributed by atoms with Gasteiger partial charge in [-0.1, -0.05) is 66.4 Å². The number of benzene rings is 1. The van der Waals surface area contributed by atoms with E-state index < -0.39 is 46.6 Å². The summed E-state index contributed by atoms with van der Waals surface area (Å²) in [5.41, 5.74) is 4.16. The second kappa shape index (κ2) is 29.0. The first-order chi connectivity index (χ1) is 48.8. The van der Waals surface area contributed by atoms with E-state index in [2.05, 4.69) is 76.5 Å². The molecule has 0 atom stereocenters. The van der Waals surface area contributed by atoms with Crippen LogP contribution in [0.1, 0.15) is 114 Å². The number of hydrogen-bond donors (Lipinski definition) is 4. The van der Waals surface area contributed by atoms with Crippen LogP contribution in [0.25, 0.3) is 45.3 Å². The number of amides is 4. The lowest BCUT2D eigenvalue weighted by Gasteiger charge is -2.12. The zero-order valence-corrected chi connectivity index (χ0v) is 53.6. The number of carbonyl (C=O) groups is 4. The van der Waals surface area contributed by atoms with Crippen molar-refractivity contribution in [1.82, 2.24) is 78.3 Å². The van der Waals surface area contributed by atoms with Gasteiger partial charge in [0.2, 0.25) is 0 Å². The van der Waals surface area contributed by atoms with Gasteiger partial charge < -0.3 is 25.7 Å². The molecule has 2 aliphatic rings. The lowest BCUT2D eigenvalue weighted by atomic mass is 10.0. The molecule has 0 aliphatic heterocycles. The van der Waals surface area contributed by atoms with Crippen LogP contribution >= 0.6 is 23.2 Å². The molecule has 25 nitrogen and oxygen atoms in total. The van der Waals surface area contributed by atoms with E-state index >= 15 is 0 Å². The normalized spacial score (nSPS) is 13.0. The van der Waals surface area contributed by atoms with Gasteiger partial charge in [0.1, 0.15) is 50.4 Å².